The molecule has 278 valence electrons. The molecule has 12 heteroatoms. The highest BCUT2D eigenvalue weighted by Gasteiger charge is 2.37. The van der Waals surface area contributed by atoms with Crippen LogP contribution < -0.4 is 5.73 Å². The molecule has 11 nitrogen and oxygen atoms in total. The predicted octanol–water partition coefficient (Wildman–Crippen LogP) is 5.07. The third kappa shape index (κ3) is 13.0. The van der Waals surface area contributed by atoms with Crippen LogP contribution in [0.5, 0.6) is 0 Å². The summed E-state index contributed by atoms with van der Waals surface area (Å²) in [5.74, 6) is -0.383. The lowest BCUT2D eigenvalue weighted by molar-refractivity contribution is -0.145. The molecule has 1 saturated carbocycles. The van der Waals surface area contributed by atoms with Crippen LogP contribution in [0.15, 0.2) is 60.1 Å². The molecule has 1 aromatic carbocycles. The molecule has 2 heterocycles. The van der Waals surface area contributed by atoms with Crippen molar-refractivity contribution >= 4 is 34.2 Å². The zero-order valence-electron chi connectivity index (χ0n) is 30.4. The van der Waals surface area contributed by atoms with Gasteiger partial charge in [0.2, 0.25) is 17.7 Å². The molecule has 4 N–H and O–H groups in total. The summed E-state index contributed by atoms with van der Waals surface area (Å²) in [6, 6.07) is 14.5. The summed E-state index contributed by atoms with van der Waals surface area (Å²) in [4.78, 5) is 55.0. The molecule has 0 aliphatic heterocycles. The number of amides is 3. The number of anilines is 1. The molecular formula is C39H56N6O5S. The number of aliphatic hydroxyl groups is 2. The molecular weight excluding hydrogens is 665 g/mol. The standard InChI is InChI=1S/C39H56N6O5S/c1-28(2)22-34(46)38(50)33(23-29-12-6-4-7-13-29)45(25-32-27-51-39(40)42-32)36(48)18-17-35(47)44(24-30-14-8-5-9-15-30)26-37(49)43(3)21-19-31-16-10-11-20-41-31/h5,8-11,14-16,20,27-29,33-34,38,46,50H,4,6-7,12-13,17-19,21-26H2,1-3H3,(H2,40,42)/t33-,34-,38+/m0/s1. The van der Waals surface area contributed by atoms with Crippen molar-refractivity contribution in [2.75, 3.05) is 25.9 Å². The van der Waals surface area contributed by atoms with Crippen LogP contribution in [-0.4, -0.2) is 91.0 Å². The van der Waals surface area contributed by atoms with E-state index in [0.717, 1.165) is 36.9 Å². The minimum atomic E-state index is -1.17. The van der Waals surface area contributed by atoms with Crippen LogP contribution in [0.1, 0.15) is 88.6 Å². The molecule has 0 unspecified atom stereocenters. The van der Waals surface area contributed by atoms with Crippen molar-refractivity contribution < 1.29 is 24.6 Å². The highest BCUT2D eigenvalue weighted by atomic mass is 32.1. The first kappa shape index (κ1) is 39.9. The molecule has 1 aliphatic rings. The molecule has 2 aromatic heterocycles. The maximum absolute atomic E-state index is 14.2. The quantitative estimate of drug-likeness (QED) is 0.155. The number of carbonyl (C=O) groups is 3. The van der Waals surface area contributed by atoms with Gasteiger partial charge < -0.3 is 30.6 Å². The second-order valence-electron chi connectivity index (χ2n) is 14.3. The number of nitrogens with zero attached hydrogens (tertiary/aromatic N) is 5. The number of aromatic nitrogens is 2. The van der Waals surface area contributed by atoms with Crippen molar-refractivity contribution in [3.05, 3.63) is 77.1 Å². The maximum Gasteiger partial charge on any atom is 0.241 e. The fourth-order valence-electron chi connectivity index (χ4n) is 6.84. The van der Waals surface area contributed by atoms with E-state index in [1.54, 1.807) is 28.4 Å². The fraction of sp³-hybridized carbons (Fsp3) is 0.564. The first-order chi connectivity index (χ1) is 24.5. The Morgan fingerprint density at radius 3 is 2.27 bits per heavy atom. The number of pyridine rings is 1. The summed E-state index contributed by atoms with van der Waals surface area (Å²) in [5.41, 5.74) is 8.30. The maximum atomic E-state index is 14.2. The molecule has 3 amide bonds. The average molecular weight is 721 g/mol. The average Bonchev–Trinajstić information content (AvgIpc) is 3.55. The van der Waals surface area contributed by atoms with Crippen molar-refractivity contribution in [3.63, 3.8) is 0 Å². The number of thiazole rings is 1. The number of aliphatic hydroxyl groups excluding tert-OH is 2. The van der Waals surface area contributed by atoms with Crippen LogP contribution in [0, 0.1) is 11.8 Å². The number of hydrogen-bond acceptors (Lipinski definition) is 9. The normalized spacial score (nSPS) is 15.3. The Hall–Kier alpha value is -3.87. The van der Waals surface area contributed by atoms with E-state index in [0.29, 0.717) is 42.6 Å². The van der Waals surface area contributed by atoms with Crippen LogP contribution >= 0.6 is 11.3 Å². The lowest BCUT2D eigenvalue weighted by Crippen LogP contribution is -2.52. The van der Waals surface area contributed by atoms with E-state index in [-0.39, 0.29) is 56.1 Å². The van der Waals surface area contributed by atoms with E-state index in [1.165, 1.54) is 22.7 Å². The van der Waals surface area contributed by atoms with Gasteiger partial charge in [-0.05, 0) is 42.4 Å². The minimum Gasteiger partial charge on any atom is -0.390 e. The molecule has 51 heavy (non-hydrogen) atoms. The van der Waals surface area contributed by atoms with Crippen molar-refractivity contribution in [3.8, 4) is 0 Å². The Labute approximate surface area is 306 Å². The number of benzene rings is 1. The van der Waals surface area contributed by atoms with Gasteiger partial charge in [-0.2, -0.15) is 0 Å². The van der Waals surface area contributed by atoms with Gasteiger partial charge in [0.1, 0.15) is 12.6 Å². The second kappa shape index (κ2) is 20.2. The molecule has 0 bridgehead atoms. The van der Waals surface area contributed by atoms with Crippen molar-refractivity contribution in [2.24, 2.45) is 11.8 Å². The molecule has 1 aliphatic carbocycles. The zero-order chi connectivity index (χ0) is 36.8. The Morgan fingerprint density at radius 2 is 1.63 bits per heavy atom. The van der Waals surface area contributed by atoms with Crippen LogP contribution in [0.25, 0.3) is 0 Å². The Kier molecular flexibility index (Phi) is 15.8. The van der Waals surface area contributed by atoms with Gasteiger partial charge in [0.15, 0.2) is 5.13 Å². The number of hydrogen-bond donors (Lipinski definition) is 3. The van der Waals surface area contributed by atoms with Crippen LogP contribution in [-0.2, 0) is 33.9 Å². The van der Waals surface area contributed by atoms with Crippen LogP contribution in [0.3, 0.4) is 0 Å². The predicted molar refractivity (Wildman–Crippen MR) is 200 cm³/mol. The summed E-state index contributed by atoms with van der Waals surface area (Å²) < 4.78 is 0. The van der Waals surface area contributed by atoms with Crippen LogP contribution in [0.2, 0.25) is 0 Å². The highest BCUT2D eigenvalue weighted by molar-refractivity contribution is 7.13. The molecule has 0 radical (unpaired) electrons. The Bertz CT molecular complexity index is 1500. The summed E-state index contributed by atoms with van der Waals surface area (Å²) >= 11 is 1.28. The third-order valence-electron chi connectivity index (χ3n) is 9.73. The Morgan fingerprint density at radius 1 is 0.922 bits per heavy atom. The molecule has 0 spiro atoms. The molecule has 3 aromatic rings. The van der Waals surface area contributed by atoms with Gasteiger partial charge in [0.25, 0.3) is 0 Å². The van der Waals surface area contributed by atoms with Gasteiger partial charge in [-0.3, -0.25) is 19.4 Å². The highest BCUT2D eigenvalue weighted by Crippen LogP contribution is 2.32. The molecule has 1 fully saturated rings. The van der Waals surface area contributed by atoms with Gasteiger partial charge >= 0.3 is 0 Å². The summed E-state index contributed by atoms with van der Waals surface area (Å²) in [7, 11) is 1.72. The summed E-state index contributed by atoms with van der Waals surface area (Å²) in [6.07, 6.45) is 6.21. The zero-order valence-corrected chi connectivity index (χ0v) is 31.2. The van der Waals surface area contributed by atoms with E-state index in [1.807, 2.05) is 62.4 Å². The van der Waals surface area contributed by atoms with Gasteiger partial charge in [-0.15, -0.1) is 11.3 Å². The third-order valence-corrected chi connectivity index (χ3v) is 10.4. The molecule has 4 rings (SSSR count). The summed E-state index contributed by atoms with van der Waals surface area (Å²) in [6.45, 7) is 4.63. The number of carbonyl (C=O) groups excluding carboxylic acids is 3. The van der Waals surface area contributed by atoms with Gasteiger partial charge in [-0.25, -0.2) is 4.98 Å². The first-order valence-electron chi connectivity index (χ1n) is 18.3. The Balaban J connectivity index is 1.51. The number of nitrogen functional groups attached to an aromatic ring is 1. The SMILES string of the molecule is CC(C)C[C@H](O)[C@H](O)[C@H](CC1CCCCC1)N(Cc1csc(N)n1)C(=O)CCC(=O)N(CC(=O)N(C)CCc1ccccn1)Cc1ccccc1. The topological polar surface area (TPSA) is 153 Å². The fourth-order valence-corrected chi connectivity index (χ4v) is 7.40. The number of likely N-dealkylation sites (N-methyl/N-ethyl adjacent to an activating group) is 1. The molecule has 0 saturated heterocycles. The van der Waals surface area contributed by atoms with Crippen molar-refractivity contribution in [1.82, 2.24) is 24.7 Å². The van der Waals surface area contributed by atoms with E-state index in [4.69, 9.17) is 5.73 Å². The van der Waals surface area contributed by atoms with Crippen LogP contribution in [0.4, 0.5) is 5.13 Å². The summed E-state index contributed by atoms with van der Waals surface area (Å²) in [5, 5.41) is 25.0. The number of nitrogens with two attached hydrogens (primary N) is 1. The lowest BCUT2D eigenvalue weighted by Gasteiger charge is -2.39. The van der Waals surface area contributed by atoms with Crippen molar-refractivity contribution in [2.45, 2.75) is 109 Å². The monoisotopic (exact) mass is 720 g/mol. The first-order valence-corrected chi connectivity index (χ1v) is 19.2. The number of rotatable bonds is 19. The minimum absolute atomic E-state index is 0.108. The van der Waals surface area contributed by atoms with Gasteiger partial charge in [0.05, 0.1) is 24.4 Å². The van der Waals surface area contributed by atoms with E-state index in [9.17, 15) is 24.6 Å². The van der Waals surface area contributed by atoms with Gasteiger partial charge in [-0.1, -0.05) is 82.3 Å². The van der Waals surface area contributed by atoms with E-state index in [2.05, 4.69) is 9.97 Å². The van der Waals surface area contributed by atoms with Crippen molar-refractivity contribution in [1.29, 1.82) is 0 Å². The van der Waals surface area contributed by atoms with E-state index >= 15 is 0 Å². The lowest BCUT2D eigenvalue weighted by atomic mass is 9.81. The van der Waals surface area contributed by atoms with Gasteiger partial charge in [0, 0.05) is 56.7 Å². The largest absolute Gasteiger partial charge is 0.390 e. The van der Waals surface area contributed by atoms with E-state index < -0.39 is 18.2 Å². The molecule has 3 atom stereocenters. The smallest absolute Gasteiger partial charge is 0.241 e. The second-order valence-corrected chi connectivity index (χ2v) is 15.2.